The van der Waals surface area contributed by atoms with Gasteiger partial charge in [-0.05, 0) is 56.5 Å². The number of carbonyl (C=O) groups excluding carboxylic acids is 1. The molecule has 0 saturated heterocycles. The molecule has 1 amide bonds. The van der Waals surface area contributed by atoms with Gasteiger partial charge >= 0.3 is 0 Å². The van der Waals surface area contributed by atoms with Gasteiger partial charge in [-0.15, -0.1) is 0 Å². The minimum absolute atomic E-state index is 0.132. The molecule has 0 unspecified atom stereocenters. The number of amides is 1. The molecule has 0 fully saturated rings. The number of carbonyl (C=O) groups is 1. The quantitative estimate of drug-likeness (QED) is 0.647. The van der Waals surface area contributed by atoms with Crippen molar-refractivity contribution in [3.05, 3.63) is 104 Å². The summed E-state index contributed by atoms with van der Waals surface area (Å²) in [5.74, 6) is -0.384. The van der Waals surface area contributed by atoms with E-state index >= 15 is 0 Å². The number of aromatic nitrogens is 1. The predicted octanol–water partition coefficient (Wildman–Crippen LogP) is 4.61. The Balaban J connectivity index is 1.78. The number of halogens is 1. The maximum absolute atomic E-state index is 12.9. The molecule has 29 heavy (non-hydrogen) atoms. The van der Waals surface area contributed by atoms with Crippen LogP contribution in [-0.4, -0.2) is 16.0 Å². The summed E-state index contributed by atoms with van der Waals surface area (Å²) >= 11 is 6.25. The lowest BCUT2D eigenvalue weighted by atomic mass is 9.94. The third-order valence-corrected chi connectivity index (χ3v) is 5.11. The van der Waals surface area contributed by atoms with Gasteiger partial charge in [0.1, 0.15) is 5.56 Å². The van der Waals surface area contributed by atoms with Gasteiger partial charge in [0.25, 0.3) is 11.5 Å². The van der Waals surface area contributed by atoms with E-state index < -0.39 is 5.54 Å². The highest BCUT2D eigenvalue weighted by Crippen LogP contribution is 2.21. The zero-order valence-electron chi connectivity index (χ0n) is 16.9. The highest BCUT2D eigenvalue weighted by atomic mass is 35.5. The van der Waals surface area contributed by atoms with Crippen molar-refractivity contribution in [1.82, 2.24) is 9.88 Å². The van der Waals surface area contributed by atoms with E-state index in [2.05, 4.69) is 5.32 Å². The van der Waals surface area contributed by atoms with E-state index in [0.29, 0.717) is 18.0 Å². The highest BCUT2D eigenvalue weighted by Gasteiger charge is 2.24. The number of aryl methyl sites for hydroxylation is 1. The first-order valence-electron chi connectivity index (χ1n) is 9.56. The fraction of sp³-hybridized carbons (Fsp3) is 0.250. The van der Waals surface area contributed by atoms with E-state index in [4.69, 9.17) is 11.6 Å². The van der Waals surface area contributed by atoms with Crippen molar-refractivity contribution in [2.24, 2.45) is 0 Å². The van der Waals surface area contributed by atoms with Gasteiger partial charge in [-0.25, -0.2) is 0 Å². The SMILES string of the molecule is Cc1cccc(Cn2cccc(C(=O)NC(C)(C)Cc3ccccc3Cl)c2=O)c1. The lowest BCUT2D eigenvalue weighted by Gasteiger charge is -2.27. The van der Waals surface area contributed by atoms with Gasteiger partial charge in [0.2, 0.25) is 0 Å². The fourth-order valence-corrected chi connectivity index (χ4v) is 3.58. The molecule has 1 aromatic heterocycles. The summed E-state index contributed by atoms with van der Waals surface area (Å²) in [4.78, 5) is 25.7. The molecule has 1 heterocycles. The van der Waals surface area contributed by atoms with Crippen LogP contribution in [0.15, 0.2) is 71.7 Å². The van der Waals surface area contributed by atoms with Crippen LogP contribution in [0.25, 0.3) is 0 Å². The lowest BCUT2D eigenvalue weighted by molar-refractivity contribution is 0.0911. The first kappa shape index (κ1) is 20.9. The Bertz CT molecular complexity index is 1090. The predicted molar refractivity (Wildman–Crippen MR) is 118 cm³/mol. The summed E-state index contributed by atoms with van der Waals surface area (Å²) < 4.78 is 1.56. The van der Waals surface area contributed by atoms with Gasteiger partial charge < -0.3 is 9.88 Å². The first-order valence-corrected chi connectivity index (χ1v) is 9.94. The molecule has 0 atom stereocenters. The number of benzene rings is 2. The third-order valence-electron chi connectivity index (χ3n) is 4.74. The van der Waals surface area contributed by atoms with Gasteiger partial charge in [0.15, 0.2) is 0 Å². The van der Waals surface area contributed by atoms with E-state index in [-0.39, 0.29) is 17.0 Å². The van der Waals surface area contributed by atoms with Crippen LogP contribution < -0.4 is 10.9 Å². The zero-order valence-corrected chi connectivity index (χ0v) is 17.7. The molecule has 0 saturated carbocycles. The topological polar surface area (TPSA) is 51.1 Å². The zero-order chi connectivity index (χ0) is 21.0. The van der Waals surface area contributed by atoms with Crippen molar-refractivity contribution in [2.75, 3.05) is 0 Å². The van der Waals surface area contributed by atoms with Crippen LogP contribution in [-0.2, 0) is 13.0 Å². The maximum Gasteiger partial charge on any atom is 0.263 e. The Morgan fingerprint density at radius 1 is 1.07 bits per heavy atom. The standard InChI is InChI=1S/C24H25ClN2O2/c1-17-8-6-9-18(14-17)16-27-13-7-11-20(23(27)29)22(28)26-24(2,3)15-19-10-4-5-12-21(19)25/h4-14H,15-16H2,1-3H3,(H,26,28). The summed E-state index contributed by atoms with van der Waals surface area (Å²) in [5, 5.41) is 3.64. The largest absolute Gasteiger partial charge is 0.347 e. The summed E-state index contributed by atoms with van der Waals surface area (Å²) in [6, 6.07) is 18.8. The normalized spacial score (nSPS) is 11.3. The van der Waals surface area contributed by atoms with Crippen LogP contribution in [0.3, 0.4) is 0 Å². The Hall–Kier alpha value is -2.85. The summed E-state index contributed by atoms with van der Waals surface area (Å²) in [7, 11) is 0. The van der Waals surface area contributed by atoms with Crippen LogP contribution >= 0.6 is 11.6 Å². The Morgan fingerprint density at radius 2 is 1.83 bits per heavy atom. The molecule has 2 aromatic carbocycles. The fourth-order valence-electron chi connectivity index (χ4n) is 3.38. The van der Waals surface area contributed by atoms with E-state index in [0.717, 1.165) is 16.7 Å². The number of hydrogen-bond donors (Lipinski definition) is 1. The highest BCUT2D eigenvalue weighted by molar-refractivity contribution is 6.31. The van der Waals surface area contributed by atoms with Crippen molar-refractivity contribution in [3.63, 3.8) is 0 Å². The monoisotopic (exact) mass is 408 g/mol. The van der Waals surface area contributed by atoms with Crippen molar-refractivity contribution in [1.29, 1.82) is 0 Å². The number of rotatable bonds is 6. The Labute approximate surface area is 176 Å². The van der Waals surface area contributed by atoms with Crippen LogP contribution in [0.2, 0.25) is 5.02 Å². The minimum Gasteiger partial charge on any atom is -0.347 e. The molecule has 0 bridgehead atoms. The van der Waals surface area contributed by atoms with Gasteiger partial charge in [-0.3, -0.25) is 9.59 Å². The molecule has 150 valence electrons. The summed E-state index contributed by atoms with van der Waals surface area (Å²) in [5.41, 5.74) is 2.36. The number of pyridine rings is 1. The van der Waals surface area contributed by atoms with Crippen molar-refractivity contribution in [3.8, 4) is 0 Å². The average molecular weight is 409 g/mol. The maximum atomic E-state index is 12.9. The third kappa shape index (κ3) is 5.36. The van der Waals surface area contributed by atoms with Crippen molar-refractivity contribution >= 4 is 17.5 Å². The van der Waals surface area contributed by atoms with E-state index in [1.165, 1.54) is 0 Å². The van der Waals surface area contributed by atoms with Crippen LogP contribution in [0.5, 0.6) is 0 Å². The molecule has 3 aromatic rings. The molecular formula is C24H25ClN2O2. The van der Waals surface area contributed by atoms with Gasteiger partial charge in [-0.2, -0.15) is 0 Å². The lowest BCUT2D eigenvalue weighted by Crippen LogP contribution is -2.47. The smallest absolute Gasteiger partial charge is 0.263 e. The molecule has 0 aliphatic rings. The number of nitrogens with one attached hydrogen (secondary N) is 1. The van der Waals surface area contributed by atoms with E-state index in [1.54, 1.807) is 22.9 Å². The second-order valence-electron chi connectivity index (χ2n) is 7.95. The van der Waals surface area contributed by atoms with Gasteiger partial charge in [-0.1, -0.05) is 59.6 Å². The van der Waals surface area contributed by atoms with Crippen LogP contribution in [0.1, 0.15) is 40.9 Å². The van der Waals surface area contributed by atoms with E-state index in [1.807, 2.05) is 69.3 Å². The minimum atomic E-state index is -0.564. The van der Waals surface area contributed by atoms with Gasteiger partial charge in [0, 0.05) is 16.8 Å². The summed E-state index contributed by atoms with van der Waals surface area (Å²) in [6.45, 7) is 6.27. The number of hydrogen-bond acceptors (Lipinski definition) is 2. The molecule has 0 aliphatic carbocycles. The summed E-state index contributed by atoms with van der Waals surface area (Å²) in [6.07, 6.45) is 2.26. The first-order chi connectivity index (χ1) is 13.7. The van der Waals surface area contributed by atoms with Crippen molar-refractivity contribution < 1.29 is 4.79 Å². The Kier molecular flexibility index (Phi) is 6.23. The van der Waals surface area contributed by atoms with Crippen LogP contribution in [0, 0.1) is 6.92 Å². The molecule has 0 spiro atoms. The molecule has 5 heteroatoms. The molecule has 0 aliphatic heterocycles. The molecular weight excluding hydrogens is 384 g/mol. The molecule has 3 rings (SSSR count). The average Bonchev–Trinajstić information content (AvgIpc) is 2.65. The van der Waals surface area contributed by atoms with Crippen molar-refractivity contribution in [2.45, 2.75) is 39.3 Å². The second kappa shape index (κ2) is 8.66. The molecule has 0 radical (unpaired) electrons. The second-order valence-corrected chi connectivity index (χ2v) is 8.36. The van der Waals surface area contributed by atoms with E-state index in [9.17, 15) is 9.59 Å². The molecule has 1 N–H and O–H groups in total. The Morgan fingerprint density at radius 3 is 2.55 bits per heavy atom. The number of nitrogens with zero attached hydrogens (tertiary/aromatic N) is 1. The van der Waals surface area contributed by atoms with Crippen LogP contribution in [0.4, 0.5) is 0 Å². The van der Waals surface area contributed by atoms with Gasteiger partial charge in [0.05, 0.1) is 6.54 Å². The molecule has 4 nitrogen and oxygen atoms in total.